The molecule has 1 N–H and O–H groups in total. The molecule has 2 aliphatic rings. The van der Waals surface area contributed by atoms with Crippen molar-refractivity contribution in [2.45, 2.75) is 25.2 Å². The summed E-state index contributed by atoms with van der Waals surface area (Å²) in [6.07, 6.45) is 4.41. The van der Waals surface area contributed by atoms with Gasteiger partial charge in [-0.05, 0) is 43.6 Å². The number of nitrogens with zero attached hydrogens (tertiary/aromatic N) is 1. The molecule has 1 saturated heterocycles. The molecule has 0 atom stereocenters. The van der Waals surface area contributed by atoms with Gasteiger partial charge in [-0.25, -0.2) is 0 Å². The number of ether oxygens (including phenoxy) is 1. The Kier molecular flexibility index (Phi) is 4.83. The minimum atomic E-state index is 0.0179. The second-order valence-corrected chi connectivity index (χ2v) is 6.44. The van der Waals surface area contributed by atoms with Crippen molar-refractivity contribution in [2.24, 2.45) is 0 Å². The van der Waals surface area contributed by atoms with E-state index in [1.165, 1.54) is 5.56 Å². The highest BCUT2D eigenvalue weighted by Gasteiger charge is 2.41. The van der Waals surface area contributed by atoms with Crippen molar-refractivity contribution < 1.29 is 9.53 Å². The van der Waals surface area contributed by atoms with Gasteiger partial charge in [0.15, 0.2) is 0 Å². The topological polar surface area (TPSA) is 41.6 Å². The lowest BCUT2D eigenvalue weighted by Gasteiger charge is -2.38. The first-order chi connectivity index (χ1) is 11.2. The Morgan fingerprint density at radius 3 is 2.74 bits per heavy atom. The zero-order valence-electron chi connectivity index (χ0n) is 14.1. The van der Waals surface area contributed by atoms with E-state index >= 15 is 0 Å². The van der Waals surface area contributed by atoms with Gasteiger partial charge < -0.3 is 15.0 Å². The van der Waals surface area contributed by atoms with Crippen LogP contribution in [-0.4, -0.2) is 50.7 Å². The molecular weight excluding hydrogens is 288 g/mol. The minimum Gasteiger partial charge on any atom is -0.383 e. The molecule has 1 amide bonds. The number of fused-ring (bicyclic) bond motifs is 2. The van der Waals surface area contributed by atoms with E-state index in [0.717, 1.165) is 43.6 Å². The summed E-state index contributed by atoms with van der Waals surface area (Å²) < 4.78 is 5.02. The first-order valence-corrected chi connectivity index (χ1v) is 8.52. The molecule has 0 saturated carbocycles. The zero-order valence-corrected chi connectivity index (χ0v) is 14.1. The fourth-order valence-electron chi connectivity index (χ4n) is 3.82. The van der Waals surface area contributed by atoms with Crippen molar-refractivity contribution in [1.29, 1.82) is 0 Å². The largest absolute Gasteiger partial charge is 0.383 e. The Balaban J connectivity index is 1.86. The average molecular weight is 314 g/mol. The fourth-order valence-corrected chi connectivity index (χ4v) is 3.82. The minimum absolute atomic E-state index is 0.0179. The summed E-state index contributed by atoms with van der Waals surface area (Å²) in [7, 11) is 1.65. The Morgan fingerprint density at radius 2 is 2.04 bits per heavy atom. The van der Waals surface area contributed by atoms with Crippen molar-refractivity contribution in [1.82, 2.24) is 10.2 Å². The highest BCUT2D eigenvalue weighted by Crippen LogP contribution is 2.46. The van der Waals surface area contributed by atoms with Gasteiger partial charge >= 0.3 is 0 Å². The first-order valence-electron chi connectivity index (χ1n) is 8.52. The summed E-state index contributed by atoms with van der Waals surface area (Å²) in [5, 5.41) is 2.97. The molecule has 1 aliphatic carbocycles. The quantitative estimate of drug-likeness (QED) is 0.847. The smallest absolute Gasteiger partial charge is 0.251 e. The van der Waals surface area contributed by atoms with Crippen LogP contribution in [0.4, 0.5) is 0 Å². The number of piperidine rings is 1. The van der Waals surface area contributed by atoms with Crippen LogP contribution in [0, 0.1) is 0 Å². The molecule has 1 fully saturated rings. The maximum atomic E-state index is 12.6. The summed E-state index contributed by atoms with van der Waals surface area (Å²) >= 11 is 0. The number of allylic oxidation sites excluding steroid dienone is 1. The van der Waals surface area contributed by atoms with Crippen LogP contribution in [0.5, 0.6) is 0 Å². The van der Waals surface area contributed by atoms with Crippen LogP contribution in [0.1, 0.15) is 30.9 Å². The number of carbonyl (C=O) groups excluding carboxylic acids is 1. The van der Waals surface area contributed by atoms with Gasteiger partial charge in [-0.2, -0.15) is 0 Å². The molecule has 1 aromatic carbocycles. The summed E-state index contributed by atoms with van der Waals surface area (Å²) in [4.78, 5) is 15.1. The molecule has 1 aliphatic heterocycles. The summed E-state index contributed by atoms with van der Waals surface area (Å²) in [5.74, 6) is 0.0179. The predicted octanol–water partition coefficient (Wildman–Crippen LogP) is 2.20. The van der Waals surface area contributed by atoms with Crippen LogP contribution >= 0.6 is 0 Å². The number of nitrogens with one attached hydrogen (secondary N) is 1. The number of benzene rings is 1. The molecular formula is C19H26N2O2. The van der Waals surface area contributed by atoms with Crippen LogP contribution in [0.3, 0.4) is 0 Å². The second-order valence-electron chi connectivity index (χ2n) is 6.44. The molecule has 3 rings (SSSR count). The number of amides is 1. The van der Waals surface area contributed by atoms with Crippen molar-refractivity contribution in [3.8, 4) is 0 Å². The molecule has 1 heterocycles. The molecule has 1 aromatic rings. The van der Waals surface area contributed by atoms with Gasteiger partial charge in [-0.1, -0.05) is 37.3 Å². The Hall–Kier alpha value is -1.65. The van der Waals surface area contributed by atoms with E-state index in [9.17, 15) is 4.79 Å². The second kappa shape index (κ2) is 6.85. The monoisotopic (exact) mass is 314 g/mol. The summed E-state index contributed by atoms with van der Waals surface area (Å²) in [6, 6.07) is 8.39. The Morgan fingerprint density at radius 1 is 1.30 bits per heavy atom. The van der Waals surface area contributed by atoms with Gasteiger partial charge in [0.25, 0.3) is 5.91 Å². The molecule has 0 unspecified atom stereocenters. The van der Waals surface area contributed by atoms with E-state index in [0.29, 0.717) is 13.2 Å². The number of methoxy groups -OCH3 is 1. The highest BCUT2D eigenvalue weighted by atomic mass is 16.5. The molecule has 124 valence electrons. The van der Waals surface area contributed by atoms with E-state index in [2.05, 4.69) is 41.4 Å². The van der Waals surface area contributed by atoms with Crippen molar-refractivity contribution in [3.05, 3.63) is 41.5 Å². The molecule has 0 aromatic heterocycles. The van der Waals surface area contributed by atoms with E-state index in [1.54, 1.807) is 7.11 Å². The van der Waals surface area contributed by atoms with Gasteiger partial charge in [0.1, 0.15) is 0 Å². The van der Waals surface area contributed by atoms with Crippen LogP contribution in [0.25, 0.3) is 5.57 Å². The first kappa shape index (κ1) is 16.2. The van der Waals surface area contributed by atoms with Crippen LogP contribution in [0.2, 0.25) is 0 Å². The molecule has 23 heavy (non-hydrogen) atoms. The van der Waals surface area contributed by atoms with E-state index in [4.69, 9.17) is 4.74 Å². The zero-order chi connectivity index (χ0) is 16.3. The SMILES string of the molecule is CCN1CCC2(C=C(C(=O)NCCOC)c3ccccc32)CC1. The van der Waals surface area contributed by atoms with Crippen molar-refractivity contribution in [2.75, 3.05) is 39.9 Å². The van der Waals surface area contributed by atoms with Crippen molar-refractivity contribution in [3.63, 3.8) is 0 Å². The normalized spacial score (nSPS) is 19.5. The van der Waals surface area contributed by atoms with Gasteiger partial charge in [0, 0.05) is 24.6 Å². The molecule has 4 nitrogen and oxygen atoms in total. The standard InChI is InChI=1S/C19H26N2O2/c1-3-21-11-8-19(9-12-21)14-16(18(22)20-10-13-23-2)15-6-4-5-7-17(15)19/h4-7,14H,3,8-13H2,1-2H3,(H,20,22). The van der Waals surface area contributed by atoms with E-state index in [-0.39, 0.29) is 11.3 Å². The highest BCUT2D eigenvalue weighted by molar-refractivity contribution is 6.21. The average Bonchev–Trinajstić information content (AvgIpc) is 2.91. The maximum Gasteiger partial charge on any atom is 0.251 e. The fraction of sp³-hybridized carbons (Fsp3) is 0.526. The number of rotatable bonds is 5. The number of likely N-dealkylation sites (tertiary alicyclic amines) is 1. The Bertz CT molecular complexity index is 601. The van der Waals surface area contributed by atoms with Crippen LogP contribution in [-0.2, 0) is 14.9 Å². The molecule has 1 spiro atoms. The molecule has 4 heteroatoms. The van der Waals surface area contributed by atoms with E-state index < -0.39 is 0 Å². The summed E-state index contributed by atoms with van der Waals surface area (Å²) in [5.41, 5.74) is 3.30. The van der Waals surface area contributed by atoms with Gasteiger partial charge in [0.05, 0.1) is 6.61 Å². The van der Waals surface area contributed by atoms with Gasteiger partial charge in [-0.3, -0.25) is 4.79 Å². The third kappa shape index (κ3) is 3.06. The number of hydrogen-bond acceptors (Lipinski definition) is 3. The lowest BCUT2D eigenvalue weighted by Crippen LogP contribution is -2.40. The van der Waals surface area contributed by atoms with Gasteiger partial charge in [0.2, 0.25) is 0 Å². The number of carbonyl (C=O) groups is 1. The lowest BCUT2D eigenvalue weighted by molar-refractivity contribution is -0.115. The molecule has 0 bridgehead atoms. The predicted molar refractivity (Wildman–Crippen MR) is 92.3 cm³/mol. The van der Waals surface area contributed by atoms with Crippen LogP contribution in [0.15, 0.2) is 30.3 Å². The third-order valence-electron chi connectivity index (χ3n) is 5.21. The maximum absolute atomic E-state index is 12.6. The lowest BCUT2D eigenvalue weighted by atomic mass is 9.74. The summed E-state index contributed by atoms with van der Waals surface area (Å²) in [6.45, 7) is 6.60. The third-order valence-corrected chi connectivity index (χ3v) is 5.21. The molecule has 0 radical (unpaired) electrons. The Labute approximate surface area is 138 Å². The van der Waals surface area contributed by atoms with E-state index in [1.807, 2.05) is 6.07 Å². The van der Waals surface area contributed by atoms with Crippen molar-refractivity contribution >= 4 is 11.5 Å². The van der Waals surface area contributed by atoms with Gasteiger partial charge in [-0.15, -0.1) is 0 Å². The van der Waals surface area contributed by atoms with Crippen LogP contribution < -0.4 is 5.32 Å². The number of hydrogen-bond donors (Lipinski definition) is 1.